The molecule has 1 aliphatic heterocycles. The van der Waals surface area contributed by atoms with Gasteiger partial charge in [0.1, 0.15) is 5.82 Å². The molecule has 3 heterocycles. The third-order valence-corrected chi connectivity index (χ3v) is 4.18. The van der Waals surface area contributed by atoms with Gasteiger partial charge in [-0.25, -0.2) is 9.78 Å². The van der Waals surface area contributed by atoms with Crippen LogP contribution in [0.3, 0.4) is 0 Å². The van der Waals surface area contributed by atoms with Crippen LogP contribution in [0, 0.1) is 6.92 Å². The van der Waals surface area contributed by atoms with Crippen molar-refractivity contribution < 1.29 is 9.90 Å². The van der Waals surface area contributed by atoms with Crippen LogP contribution in [0.15, 0.2) is 36.5 Å². The van der Waals surface area contributed by atoms with Gasteiger partial charge in [-0.15, -0.1) is 0 Å². The lowest BCUT2D eigenvalue weighted by molar-refractivity contribution is 0.0690. The summed E-state index contributed by atoms with van der Waals surface area (Å²) in [5.74, 6) is 0.287. The van der Waals surface area contributed by atoms with E-state index in [1.54, 1.807) is 6.07 Å². The minimum absolute atomic E-state index is 0.0994. The minimum atomic E-state index is -0.984. The fourth-order valence-corrected chi connectivity index (χ4v) is 2.88. The maximum atomic E-state index is 11.0. The molecule has 2 aromatic heterocycles. The summed E-state index contributed by atoms with van der Waals surface area (Å²) in [5, 5.41) is 9.03. The Morgan fingerprint density at radius 1 is 1.23 bits per heavy atom. The standard InChI is InChI=1S/C17H19N3O2/c1-12-5-6-14(11-18-12)13-7-9-20(10-8-13)16-4-2-3-15(19-16)17(21)22/h2-6,11,13H,7-10H2,1H3,(H,21,22). The van der Waals surface area contributed by atoms with Gasteiger partial charge in [0.2, 0.25) is 0 Å². The molecule has 1 N–H and O–H groups in total. The van der Waals surface area contributed by atoms with Gasteiger partial charge >= 0.3 is 5.97 Å². The summed E-state index contributed by atoms with van der Waals surface area (Å²) in [4.78, 5) is 21.8. The maximum Gasteiger partial charge on any atom is 0.354 e. The summed E-state index contributed by atoms with van der Waals surface area (Å²) in [6.45, 7) is 3.76. The van der Waals surface area contributed by atoms with Crippen LogP contribution in [0.25, 0.3) is 0 Å². The van der Waals surface area contributed by atoms with Gasteiger partial charge in [0.25, 0.3) is 0 Å². The first-order chi connectivity index (χ1) is 10.6. The molecule has 0 atom stereocenters. The van der Waals surface area contributed by atoms with Crippen molar-refractivity contribution in [3.05, 3.63) is 53.5 Å². The summed E-state index contributed by atoms with van der Waals surface area (Å²) in [7, 11) is 0. The highest BCUT2D eigenvalue weighted by Gasteiger charge is 2.22. The van der Waals surface area contributed by atoms with Gasteiger partial charge in [0.05, 0.1) is 0 Å². The molecule has 0 aromatic carbocycles. The molecular weight excluding hydrogens is 278 g/mol. The highest BCUT2D eigenvalue weighted by atomic mass is 16.4. The zero-order valence-corrected chi connectivity index (χ0v) is 12.6. The van der Waals surface area contributed by atoms with Gasteiger partial charge < -0.3 is 10.0 Å². The Bertz CT molecular complexity index is 662. The molecule has 1 aliphatic rings. The average Bonchev–Trinajstić information content (AvgIpc) is 2.56. The van der Waals surface area contributed by atoms with E-state index in [-0.39, 0.29) is 5.69 Å². The molecule has 22 heavy (non-hydrogen) atoms. The highest BCUT2D eigenvalue weighted by molar-refractivity contribution is 5.85. The monoisotopic (exact) mass is 297 g/mol. The second kappa shape index (κ2) is 6.13. The molecular formula is C17H19N3O2. The highest BCUT2D eigenvalue weighted by Crippen LogP contribution is 2.29. The smallest absolute Gasteiger partial charge is 0.354 e. The number of pyridine rings is 2. The molecule has 5 heteroatoms. The van der Waals surface area contributed by atoms with Crippen LogP contribution >= 0.6 is 0 Å². The lowest BCUT2D eigenvalue weighted by atomic mass is 9.90. The topological polar surface area (TPSA) is 66.3 Å². The average molecular weight is 297 g/mol. The molecule has 0 radical (unpaired) electrons. The van der Waals surface area contributed by atoms with Crippen molar-refractivity contribution in [2.24, 2.45) is 0 Å². The summed E-state index contributed by atoms with van der Waals surface area (Å²) in [6, 6.07) is 9.37. The van der Waals surface area contributed by atoms with Crippen LogP contribution in [-0.4, -0.2) is 34.1 Å². The Labute approximate surface area is 129 Å². The zero-order chi connectivity index (χ0) is 15.5. The molecule has 0 unspecified atom stereocenters. The second-order valence-corrected chi connectivity index (χ2v) is 5.68. The molecule has 5 nitrogen and oxygen atoms in total. The number of hydrogen-bond acceptors (Lipinski definition) is 4. The number of aromatic carboxylic acids is 1. The Morgan fingerprint density at radius 3 is 2.64 bits per heavy atom. The molecule has 3 rings (SSSR count). The van der Waals surface area contributed by atoms with Crippen molar-refractivity contribution in [2.75, 3.05) is 18.0 Å². The molecule has 0 bridgehead atoms. The largest absolute Gasteiger partial charge is 0.477 e. The predicted molar refractivity (Wildman–Crippen MR) is 84.4 cm³/mol. The first kappa shape index (κ1) is 14.5. The number of carbonyl (C=O) groups is 1. The number of anilines is 1. The third kappa shape index (κ3) is 3.08. The summed E-state index contributed by atoms with van der Waals surface area (Å²) < 4.78 is 0. The van der Waals surface area contributed by atoms with Crippen molar-refractivity contribution in [3.8, 4) is 0 Å². The quantitative estimate of drug-likeness (QED) is 0.943. The Balaban J connectivity index is 1.67. The molecule has 1 fully saturated rings. The molecule has 2 aromatic rings. The number of hydrogen-bond donors (Lipinski definition) is 1. The fourth-order valence-electron chi connectivity index (χ4n) is 2.88. The number of carboxylic acids is 1. The number of carboxylic acid groups (broad SMARTS) is 1. The molecule has 114 valence electrons. The lowest BCUT2D eigenvalue weighted by Crippen LogP contribution is -2.33. The first-order valence-electron chi connectivity index (χ1n) is 7.51. The lowest BCUT2D eigenvalue weighted by Gasteiger charge is -2.33. The number of aryl methyl sites for hydroxylation is 1. The van der Waals surface area contributed by atoms with E-state index in [4.69, 9.17) is 5.11 Å². The van der Waals surface area contributed by atoms with Gasteiger partial charge in [-0.1, -0.05) is 12.1 Å². The predicted octanol–water partition coefficient (Wildman–Crippen LogP) is 2.87. The number of aromatic nitrogens is 2. The van der Waals surface area contributed by atoms with Crippen molar-refractivity contribution in [2.45, 2.75) is 25.7 Å². The van der Waals surface area contributed by atoms with E-state index >= 15 is 0 Å². The van der Waals surface area contributed by atoms with E-state index < -0.39 is 5.97 Å². The van der Waals surface area contributed by atoms with Crippen molar-refractivity contribution in [1.82, 2.24) is 9.97 Å². The van der Waals surface area contributed by atoms with Gasteiger partial charge in [-0.3, -0.25) is 4.98 Å². The Morgan fingerprint density at radius 2 is 2.00 bits per heavy atom. The Kier molecular flexibility index (Phi) is 4.04. The summed E-state index contributed by atoms with van der Waals surface area (Å²) in [6.07, 6.45) is 4.03. The van der Waals surface area contributed by atoms with Crippen LogP contribution in [0.5, 0.6) is 0 Å². The fraction of sp³-hybridized carbons (Fsp3) is 0.353. The van der Waals surface area contributed by atoms with E-state index in [0.29, 0.717) is 5.92 Å². The maximum absolute atomic E-state index is 11.0. The van der Waals surface area contributed by atoms with Gasteiger partial charge in [0, 0.05) is 25.0 Å². The normalized spacial score (nSPS) is 15.8. The summed E-state index contributed by atoms with van der Waals surface area (Å²) in [5.41, 5.74) is 2.43. The molecule has 0 spiro atoms. The number of nitrogens with zero attached hydrogens (tertiary/aromatic N) is 3. The number of piperidine rings is 1. The molecule has 0 aliphatic carbocycles. The minimum Gasteiger partial charge on any atom is -0.477 e. The second-order valence-electron chi connectivity index (χ2n) is 5.68. The number of rotatable bonds is 3. The van der Waals surface area contributed by atoms with E-state index in [0.717, 1.165) is 37.4 Å². The van der Waals surface area contributed by atoms with E-state index in [2.05, 4.69) is 27.0 Å². The van der Waals surface area contributed by atoms with Gasteiger partial charge in [-0.2, -0.15) is 0 Å². The van der Waals surface area contributed by atoms with Crippen molar-refractivity contribution >= 4 is 11.8 Å². The van der Waals surface area contributed by atoms with Crippen molar-refractivity contribution in [1.29, 1.82) is 0 Å². The Hall–Kier alpha value is -2.43. The SMILES string of the molecule is Cc1ccc(C2CCN(c3cccc(C(=O)O)n3)CC2)cn1. The van der Waals surface area contributed by atoms with E-state index in [1.807, 2.05) is 19.2 Å². The van der Waals surface area contributed by atoms with E-state index in [9.17, 15) is 4.79 Å². The van der Waals surface area contributed by atoms with Crippen LogP contribution in [0.2, 0.25) is 0 Å². The molecule has 1 saturated heterocycles. The van der Waals surface area contributed by atoms with Gasteiger partial charge in [0.15, 0.2) is 5.69 Å². The van der Waals surface area contributed by atoms with Crippen LogP contribution in [-0.2, 0) is 0 Å². The van der Waals surface area contributed by atoms with Crippen molar-refractivity contribution in [3.63, 3.8) is 0 Å². The summed E-state index contributed by atoms with van der Waals surface area (Å²) >= 11 is 0. The van der Waals surface area contributed by atoms with Crippen LogP contribution < -0.4 is 4.90 Å². The molecule has 0 saturated carbocycles. The van der Waals surface area contributed by atoms with Crippen LogP contribution in [0.1, 0.15) is 40.5 Å². The third-order valence-electron chi connectivity index (χ3n) is 4.18. The zero-order valence-electron chi connectivity index (χ0n) is 12.6. The van der Waals surface area contributed by atoms with Gasteiger partial charge in [-0.05, 0) is 49.4 Å². The first-order valence-corrected chi connectivity index (χ1v) is 7.51. The van der Waals surface area contributed by atoms with Crippen LogP contribution in [0.4, 0.5) is 5.82 Å². The molecule has 0 amide bonds. The van der Waals surface area contributed by atoms with E-state index in [1.165, 1.54) is 11.6 Å².